The molecule has 6 rings (SSSR count). The van der Waals surface area contributed by atoms with E-state index < -0.39 is 23.8 Å². The minimum Gasteiger partial charge on any atom is -0.489 e. The predicted octanol–water partition coefficient (Wildman–Crippen LogP) is 7.78. The number of fused-ring (bicyclic) bond motifs is 1. The van der Waals surface area contributed by atoms with Gasteiger partial charge in [-0.1, -0.05) is 66.7 Å². The molecule has 0 spiro atoms. The smallest absolute Gasteiger partial charge is 0.418 e. The fourth-order valence-corrected chi connectivity index (χ4v) is 5.87. The van der Waals surface area contributed by atoms with Crippen LogP contribution in [0, 0.1) is 0 Å². The molecule has 1 aromatic heterocycles. The number of pyridine rings is 1. The number of carbonyl (C=O) groups excluding carboxylic acids is 1. The molecule has 228 valence electrons. The Kier molecular flexibility index (Phi) is 8.26. The van der Waals surface area contributed by atoms with Gasteiger partial charge in [0.15, 0.2) is 0 Å². The number of para-hydroxylation sites is 1. The van der Waals surface area contributed by atoms with Crippen molar-refractivity contribution in [2.45, 2.75) is 38.1 Å². The van der Waals surface area contributed by atoms with Crippen molar-refractivity contribution < 1.29 is 32.6 Å². The lowest BCUT2D eigenvalue weighted by atomic mass is 9.92. The van der Waals surface area contributed by atoms with Gasteiger partial charge in [0.05, 0.1) is 11.1 Å². The average molecular weight is 611 g/mol. The van der Waals surface area contributed by atoms with E-state index in [4.69, 9.17) is 4.74 Å². The maximum Gasteiger partial charge on any atom is 0.418 e. The number of nitrogens with zero attached hydrogens (tertiary/aromatic N) is 2. The van der Waals surface area contributed by atoms with Crippen LogP contribution in [0.2, 0.25) is 0 Å². The van der Waals surface area contributed by atoms with Gasteiger partial charge in [0.1, 0.15) is 18.4 Å². The number of rotatable bonds is 8. The zero-order valence-electron chi connectivity index (χ0n) is 24.1. The van der Waals surface area contributed by atoms with Crippen LogP contribution in [0.4, 0.5) is 13.2 Å². The van der Waals surface area contributed by atoms with Crippen molar-refractivity contribution in [3.05, 3.63) is 131 Å². The number of likely N-dealkylation sites (tertiary alicyclic amines) is 1. The summed E-state index contributed by atoms with van der Waals surface area (Å²) in [5.74, 6) is -0.790. The largest absolute Gasteiger partial charge is 0.489 e. The summed E-state index contributed by atoms with van der Waals surface area (Å²) in [6.45, 7) is 0.597. The summed E-state index contributed by atoms with van der Waals surface area (Å²) in [6.07, 6.45) is -1.45. The van der Waals surface area contributed by atoms with Crippen molar-refractivity contribution in [2.24, 2.45) is 0 Å². The number of carboxylic acids is 1. The number of aromatic nitrogens is 1. The third-order valence-electron chi connectivity index (χ3n) is 8.05. The Balaban J connectivity index is 1.27. The fraction of sp³-hybridized carbons (Fsp3) is 0.194. The topological polar surface area (TPSA) is 79.7 Å². The standard InChI is InChI=1S/C36H29F3N2O4/c37-36(38,39)30-12-5-11-29-32(27(21-40-33(29)30)19-23-7-2-1-3-8-23)26-9-4-10-28(20-26)45-22-24-14-16-25(17-15-24)34(42)41-18-6-13-31(41)35(43)44/h1-5,7-12,14-17,20-21,31H,6,13,18-19,22H2,(H,43,44). The molecule has 1 atom stereocenters. The van der Waals surface area contributed by atoms with Crippen molar-refractivity contribution in [1.29, 1.82) is 0 Å². The Morgan fingerprint density at radius 1 is 0.911 bits per heavy atom. The molecule has 1 aliphatic rings. The first-order chi connectivity index (χ1) is 21.7. The van der Waals surface area contributed by atoms with Gasteiger partial charge < -0.3 is 14.7 Å². The normalized spacial score (nSPS) is 14.9. The molecule has 1 saturated heterocycles. The van der Waals surface area contributed by atoms with Crippen LogP contribution >= 0.6 is 0 Å². The van der Waals surface area contributed by atoms with E-state index in [1.807, 2.05) is 36.4 Å². The van der Waals surface area contributed by atoms with Gasteiger partial charge >= 0.3 is 12.1 Å². The highest BCUT2D eigenvalue weighted by atomic mass is 19.4. The van der Waals surface area contributed by atoms with Crippen molar-refractivity contribution in [1.82, 2.24) is 9.88 Å². The molecule has 6 nitrogen and oxygen atoms in total. The van der Waals surface area contributed by atoms with Crippen LogP contribution in [0.1, 0.15) is 45.5 Å². The van der Waals surface area contributed by atoms with Gasteiger partial charge in [-0.2, -0.15) is 13.2 Å². The Morgan fingerprint density at radius 2 is 1.67 bits per heavy atom. The van der Waals surface area contributed by atoms with Gasteiger partial charge in [-0.25, -0.2) is 4.79 Å². The summed E-state index contributed by atoms with van der Waals surface area (Å²) in [5, 5.41) is 9.81. The third kappa shape index (κ3) is 6.38. The summed E-state index contributed by atoms with van der Waals surface area (Å²) in [6, 6.07) is 27.1. The summed E-state index contributed by atoms with van der Waals surface area (Å²) >= 11 is 0. The van der Waals surface area contributed by atoms with Crippen LogP contribution in [0.25, 0.3) is 22.0 Å². The van der Waals surface area contributed by atoms with Crippen LogP contribution in [0.3, 0.4) is 0 Å². The molecule has 2 heterocycles. The highest BCUT2D eigenvalue weighted by Gasteiger charge is 2.35. The Hall–Kier alpha value is -5.18. The molecule has 1 N–H and O–H groups in total. The first-order valence-corrected chi connectivity index (χ1v) is 14.6. The highest BCUT2D eigenvalue weighted by molar-refractivity contribution is 5.98. The first-order valence-electron chi connectivity index (χ1n) is 14.6. The highest BCUT2D eigenvalue weighted by Crippen LogP contribution is 2.39. The second-order valence-electron chi connectivity index (χ2n) is 11.0. The Labute approximate surface area is 257 Å². The number of aliphatic carboxylic acids is 1. The maximum absolute atomic E-state index is 13.9. The number of hydrogen-bond acceptors (Lipinski definition) is 4. The predicted molar refractivity (Wildman–Crippen MR) is 164 cm³/mol. The van der Waals surface area contributed by atoms with E-state index in [-0.39, 0.29) is 18.0 Å². The van der Waals surface area contributed by atoms with Crippen molar-refractivity contribution in [2.75, 3.05) is 6.54 Å². The van der Waals surface area contributed by atoms with E-state index in [1.165, 1.54) is 17.2 Å². The maximum atomic E-state index is 13.9. The van der Waals surface area contributed by atoms with E-state index in [2.05, 4.69) is 4.98 Å². The lowest BCUT2D eigenvalue weighted by Gasteiger charge is -2.21. The molecule has 0 saturated carbocycles. The van der Waals surface area contributed by atoms with E-state index >= 15 is 0 Å². The number of hydrogen-bond donors (Lipinski definition) is 1. The van der Waals surface area contributed by atoms with E-state index in [0.29, 0.717) is 53.6 Å². The van der Waals surface area contributed by atoms with Crippen LogP contribution in [-0.4, -0.2) is 39.5 Å². The van der Waals surface area contributed by atoms with E-state index in [0.717, 1.165) is 22.8 Å². The second-order valence-corrected chi connectivity index (χ2v) is 11.0. The summed E-state index contributed by atoms with van der Waals surface area (Å²) in [4.78, 5) is 30.1. The zero-order valence-corrected chi connectivity index (χ0v) is 24.1. The quantitative estimate of drug-likeness (QED) is 0.194. The molecule has 4 aromatic carbocycles. The molecule has 0 radical (unpaired) electrons. The monoisotopic (exact) mass is 610 g/mol. The van der Waals surface area contributed by atoms with E-state index in [1.54, 1.807) is 48.5 Å². The minimum atomic E-state index is -4.55. The van der Waals surface area contributed by atoms with Crippen LogP contribution in [-0.2, 0) is 24.0 Å². The SMILES string of the molecule is O=C(O)C1CCCN1C(=O)c1ccc(COc2cccc(-c3c(Cc4ccccc4)cnc4c(C(F)(F)F)cccc34)c2)cc1. The number of ether oxygens (including phenoxy) is 1. The zero-order chi connectivity index (χ0) is 31.6. The Morgan fingerprint density at radius 3 is 2.40 bits per heavy atom. The summed E-state index contributed by atoms with van der Waals surface area (Å²) in [5.41, 5.74) is 3.45. The molecule has 0 aliphatic carbocycles. The summed E-state index contributed by atoms with van der Waals surface area (Å²) < 4.78 is 47.8. The molecule has 1 unspecified atom stereocenters. The van der Waals surface area contributed by atoms with Crippen molar-refractivity contribution in [3.8, 4) is 16.9 Å². The molecule has 1 aliphatic heterocycles. The van der Waals surface area contributed by atoms with Gasteiger partial charge in [0, 0.05) is 23.7 Å². The van der Waals surface area contributed by atoms with Gasteiger partial charge in [-0.15, -0.1) is 0 Å². The van der Waals surface area contributed by atoms with Crippen LogP contribution in [0.15, 0.2) is 103 Å². The lowest BCUT2D eigenvalue weighted by Crippen LogP contribution is -2.40. The third-order valence-corrected chi connectivity index (χ3v) is 8.05. The number of carbonyl (C=O) groups is 2. The number of carboxylic acid groups (broad SMARTS) is 1. The molecule has 5 aromatic rings. The van der Waals surface area contributed by atoms with Crippen molar-refractivity contribution >= 4 is 22.8 Å². The lowest BCUT2D eigenvalue weighted by molar-refractivity contribution is -0.141. The molecule has 9 heteroatoms. The second kappa shape index (κ2) is 12.4. The molecular weight excluding hydrogens is 581 g/mol. The van der Waals surface area contributed by atoms with Gasteiger partial charge in [0.25, 0.3) is 5.91 Å². The summed E-state index contributed by atoms with van der Waals surface area (Å²) in [7, 11) is 0. The fourth-order valence-electron chi connectivity index (χ4n) is 5.87. The average Bonchev–Trinajstić information content (AvgIpc) is 3.54. The minimum absolute atomic E-state index is 0.110. The molecule has 45 heavy (non-hydrogen) atoms. The van der Waals surface area contributed by atoms with Crippen LogP contribution < -0.4 is 4.74 Å². The van der Waals surface area contributed by atoms with Crippen LogP contribution in [0.5, 0.6) is 5.75 Å². The molecule has 0 bridgehead atoms. The number of alkyl halides is 3. The van der Waals surface area contributed by atoms with Gasteiger partial charge in [-0.3, -0.25) is 9.78 Å². The molecule has 1 fully saturated rings. The van der Waals surface area contributed by atoms with Gasteiger partial charge in [0.2, 0.25) is 0 Å². The number of amides is 1. The Bertz CT molecular complexity index is 1860. The number of halogens is 3. The molecular formula is C36H29F3N2O4. The molecule has 1 amide bonds. The first kappa shape index (κ1) is 29.9. The van der Waals surface area contributed by atoms with Gasteiger partial charge in [-0.05, 0) is 77.4 Å². The van der Waals surface area contributed by atoms with E-state index in [9.17, 15) is 27.9 Å². The number of benzene rings is 4. The van der Waals surface area contributed by atoms with Crippen molar-refractivity contribution in [3.63, 3.8) is 0 Å².